The number of rotatable bonds is 6. The largest absolute Gasteiger partial charge is 0.480 e. The van der Waals surface area contributed by atoms with E-state index in [1.165, 1.54) is 18.2 Å². The van der Waals surface area contributed by atoms with Crippen LogP contribution >= 0.6 is 11.6 Å². The van der Waals surface area contributed by atoms with E-state index in [1.807, 2.05) is 20.8 Å². The van der Waals surface area contributed by atoms with Gasteiger partial charge in [0, 0.05) is 10.6 Å². The average Bonchev–Trinajstić information content (AvgIpc) is 2.40. The highest BCUT2D eigenvalue weighted by Crippen LogP contribution is 2.24. The molecule has 21 heavy (non-hydrogen) atoms. The Hall–Kier alpha value is -1.75. The molecule has 0 bridgehead atoms. The summed E-state index contributed by atoms with van der Waals surface area (Å²) < 4.78 is 5.46. The van der Waals surface area contributed by atoms with E-state index in [0.717, 1.165) is 6.42 Å². The summed E-state index contributed by atoms with van der Waals surface area (Å²) in [5.41, 5.74) is -0.415. The van der Waals surface area contributed by atoms with Gasteiger partial charge >= 0.3 is 5.97 Å². The first-order chi connectivity index (χ1) is 9.66. The van der Waals surface area contributed by atoms with E-state index in [1.54, 1.807) is 6.92 Å². The molecule has 0 fully saturated rings. The summed E-state index contributed by atoms with van der Waals surface area (Å²) in [6.45, 7) is 7.35. The van der Waals surface area contributed by atoms with E-state index in [-0.39, 0.29) is 22.8 Å². The second-order valence-corrected chi connectivity index (χ2v) is 5.87. The van der Waals surface area contributed by atoms with Crippen LogP contribution in [0.4, 0.5) is 0 Å². The minimum Gasteiger partial charge on any atom is -0.480 e. The van der Waals surface area contributed by atoms with Crippen LogP contribution in [0.25, 0.3) is 0 Å². The number of hydrogen-bond acceptors (Lipinski definition) is 3. The van der Waals surface area contributed by atoms with Gasteiger partial charge in [0.25, 0.3) is 5.91 Å². The Labute approximate surface area is 129 Å². The maximum Gasteiger partial charge on any atom is 0.339 e. The Morgan fingerprint density at radius 2 is 2.05 bits per heavy atom. The zero-order chi connectivity index (χ0) is 16.2. The third-order valence-corrected chi connectivity index (χ3v) is 3.43. The van der Waals surface area contributed by atoms with Gasteiger partial charge in [-0.3, -0.25) is 4.79 Å². The van der Waals surface area contributed by atoms with Crippen molar-refractivity contribution < 1.29 is 19.4 Å². The minimum absolute atomic E-state index is 0.0723. The van der Waals surface area contributed by atoms with Crippen LogP contribution in [0, 0.1) is 0 Å². The highest BCUT2D eigenvalue weighted by Gasteiger charge is 2.24. The lowest BCUT2D eigenvalue weighted by Gasteiger charge is -2.26. The van der Waals surface area contributed by atoms with Gasteiger partial charge in [0.2, 0.25) is 0 Å². The van der Waals surface area contributed by atoms with Crippen LogP contribution in [0.3, 0.4) is 0 Å². The van der Waals surface area contributed by atoms with Gasteiger partial charge < -0.3 is 15.2 Å². The van der Waals surface area contributed by atoms with Gasteiger partial charge in [-0.2, -0.15) is 0 Å². The van der Waals surface area contributed by atoms with Crippen LogP contribution < -0.4 is 10.1 Å². The standard InChI is InChI=1S/C15H20ClNO4/c1-5-15(3,4)17-13(18)9(2)21-12-7-6-10(16)8-11(12)14(19)20/h6-9H,5H2,1-4H3,(H,17,18)(H,19,20). The van der Waals surface area contributed by atoms with Crippen molar-refractivity contribution in [2.45, 2.75) is 45.8 Å². The summed E-state index contributed by atoms with van der Waals surface area (Å²) in [7, 11) is 0. The number of carboxylic acids is 1. The fraction of sp³-hybridized carbons (Fsp3) is 0.467. The van der Waals surface area contributed by atoms with Crippen molar-refractivity contribution in [1.82, 2.24) is 5.32 Å². The minimum atomic E-state index is -1.16. The summed E-state index contributed by atoms with van der Waals surface area (Å²) in [6.07, 6.45) is -0.0395. The van der Waals surface area contributed by atoms with Crippen molar-refractivity contribution in [2.24, 2.45) is 0 Å². The lowest BCUT2D eigenvalue weighted by Crippen LogP contribution is -2.48. The molecule has 1 rings (SSSR count). The number of benzene rings is 1. The van der Waals surface area contributed by atoms with E-state index in [4.69, 9.17) is 21.4 Å². The molecular weight excluding hydrogens is 294 g/mol. The van der Waals surface area contributed by atoms with Gasteiger partial charge in [0.1, 0.15) is 11.3 Å². The molecule has 0 aliphatic rings. The third kappa shape index (κ3) is 4.93. The predicted octanol–water partition coefficient (Wildman–Crippen LogP) is 3.11. The van der Waals surface area contributed by atoms with Crippen LogP contribution in [-0.2, 0) is 4.79 Å². The summed E-state index contributed by atoms with van der Waals surface area (Å²) in [6, 6.07) is 4.25. The van der Waals surface area contributed by atoms with Crippen LogP contribution in [0.15, 0.2) is 18.2 Å². The van der Waals surface area contributed by atoms with E-state index in [2.05, 4.69) is 5.32 Å². The molecule has 0 aliphatic carbocycles. The highest BCUT2D eigenvalue weighted by molar-refractivity contribution is 6.31. The molecule has 0 aromatic heterocycles. The Morgan fingerprint density at radius 1 is 1.43 bits per heavy atom. The molecule has 6 heteroatoms. The number of amides is 1. The molecule has 1 aromatic carbocycles. The number of carbonyl (C=O) groups excluding carboxylic acids is 1. The SMILES string of the molecule is CCC(C)(C)NC(=O)C(C)Oc1ccc(Cl)cc1C(=O)O. The molecule has 0 heterocycles. The molecule has 1 aromatic rings. The van der Waals surface area contributed by atoms with E-state index in [0.29, 0.717) is 5.02 Å². The third-order valence-electron chi connectivity index (χ3n) is 3.19. The van der Waals surface area contributed by atoms with Crippen LogP contribution in [0.2, 0.25) is 5.02 Å². The maximum absolute atomic E-state index is 12.1. The van der Waals surface area contributed by atoms with Crippen molar-refractivity contribution >= 4 is 23.5 Å². The molecule has 0 spiro atoms. The van der Waals surface area contributed by atoms with Gasteiger partial charge in [0.15, 0.2) is 6.10 Å². The summed E-state index contributed by atoms with van der Waals surface area (Å²) in [5, 5.41) is 12.3. The fourth-order valence-corrected chi connectivity index (χ4v) is 1.71. The Bertz CT molecular complexity index is 542. The number of hydrogen-bond donors (Lipinski definition) is 2. The summed E-state index contributed by atoms with van der Waals surface area (Å²) in [5.74, 6) is -1.34. The van der Waals surface area contributed by atoms with Crippen LogP contribution in [0.1, 0.15) is 44.5 Å². The first-order valence-corrected chi connectivity index (χ1v) is 7.05. The topological polar surface area (TPSA) is 75.6 Å². The normalized spacial score (nSPS) is 12.6. The number of carbonyl (C=O) groups is 2. The molecule has 2 N–H and O–H groups in total. The van der Waals surface area contributed by atoms with Crippen molar-refractivity contribution in [3.63, 3.8) is 0 Å². The lowest BCUT2D eigenvalue weighted by atomic mass is 10.0. The zero-order valence-electron chi connectivity index (χ0n) is 12.6. The molecule has 5 nitrogen and oxygen atoms in total. The van der Waals surface area contributed by atoms with E-state index < -0.39 is 12.1 Å². The van der Waals surface area contributed by atoms with Gasteiger partial charge in [-0.1, -0.05) is 18.5 Å². The monoisotopic (exact) mass is 313 g/mol. The van der Waals surface area contributed by atoms with Crippen LogP contribution in [0.5, 0.6) is 5.75 Å². The summed E-state index contributed by atoms with van der Waals surface area (Å²) >= 11 is 5.77. The number of carboxylic acid groups (broad SMARTS) is 1. The Balaban J connectivity index is 2.86. The first kappa shape index (κ1) is 17.3. The smallest absolute Gasteiger partial charge is 0.339 e. The molecule has 116 valence electrons. The van der Waals surface area contributed by atoms with Crippen molar-refractivity contribution in [1.29, 1.82) is 0 Å². The second-order valence-electron chi connectivity index (χ2n) is 5.43. The quantitative estimate of drug-likeness (QED) is 0.846. The molecular formula is C15H20ClNO4. The van der Waals surface area contributed by atoms with Crippen molar-refractivity contribution in [3.05, 3.63) is 28.8 Å². The molecule has 1 amide bonds. The fourth-order valence-electron chi connectivity index (χ4n) is 1.54. The Kier molecular flexibility index (Phi) is 5.61. The maximum atomic E-state index is 12.1. The van der Waals surface area contributed by atoms with Crippen molar-refractivity contribution in [2.75, 3.05) is 0 Å². The highest BCUT2D eigenvalue weighted by atomic mass is 35.5. The number of halogens is 1. The average molecular weight is 314 g/mol. The summed E-state index contributed by atoms with van der Waals surface area (Å²) in [4.78, 5) is 23.2. The molecule has 1 unspecified atom stereocenters. The molecule has 1 atom stereocenters. The van der Waals surface area contributed by atoms with Gasteiger partial charge in [-0.25, -0.2) is 4.79 Å². The lowest BCUT2D eigenvalue weighted by molar-refractivity contribution is -0.129. The molecule has 0 aliphatic heterocycles. The predicted molar refractivity (Wildman–Crippen MR) is 81.0 cm³/mol. The number of aromatic carboxylic acids is 1. The van der Waals surface area contributed by atoms with E-state index in [9.17, 15) is 9.59 Å². The van der Waals surface area contributed by atoms with Crippen molar-refractivity contribution in [3.8, 4) is 5.75 Å². The van der Waals surface area contributed by atoms with Gasteiger partial charge in [-0.15, -0.1) is 0 Å². The molecule has 0 radical (unpaired) electrons. The van der Waals surface area contributed by atoms with Gasteiger partial charge in [0.05, 0.1) is 0 Å². The number of nitrogens with one attached hydrogen (secondary N) is 1. The first-order valence-electron chi connectivity index (χ1n) is 6.68. The zero-order valence-corrected chi connectivity index (χ0v) is 13.3. The molecule has 0 saturated heterocycles. The second kappa shape index (κ2) is 6.80. The van der Waals surface area contributed by atoms with Crippen LogP contribution in [-0.4, -0.2) is 28.6 Å². The Morgan fingerprint density at radius 3 is 2.57 bits per heavy atom. The van der Waals surface area contributed by atoms with E-state index >= 15 is 0 Å². The number of ether oxygens (including phenoxy) is 1. The van der Waals surface area contributed by atoms with Gasteiger partial charge in [-0.05, 0) is 45.4 Å². The molecule has 0 saturated carbocycles.